The zero-order chi connectivity index (χ0) is 17.6. The third-order valence-corrected chi connectivity index (χ3v) is 3.60. The Balaban J connectivity index is 1.86. The van der Waals surface area contributed by atoms with Gasteiger partial charge in [0, 0.05) is 24.8 Å². The molecule has 0 fully saturated rings. The number of nitroso groups, excluding NO2 is 1. The average molecular weight is 332 g/mol. The van der Waals surface area contributed by atoms with Gasteiger partial charge in [-0.2, -0.15) is 0 Å². The average Bonchev–Trinajstić information content (AvgIpc) is 2.96. The number of anilines is 1. The first-order valence-corrected chi connectivity index (χ1v) is 7.60. The number of benzene rings is 1. The summed E-state index contributed by atoms with van der Waals surface area (Å²) in [5.74, 6) is 6.87. The Bertz CT molecular complexity index is 959. The Labute approximate surface area is 145 Å². The van der Waals surface area contributed by atoms with Crippen molar-refractivity contribution < 1.29 is 4.74 Å². The molecule has 1 aromatic carbocycles. The predicted octanol–water partition coefficient (Wildman–Crippen LogP) is 3.64. The van der Waals surface area contributed by atoms with E-state index in [1.807, 2.05) is 54.2 Å². The summed E-state index contributed by atoms with van der Waals surface area (Å²) in [6.07, 6.45) is 4.79. The number of hydrogen-bond donors (Lipinski definition) is 0. The zero-order valence-corrected chi connectivity index (χ0v) is 13.7. The van der Waals surface area contributed by atoms with Gasteiger partial charge < -0.3 is 9.30 Å². The van der Waals surface area contributed by atoms with Crippen LogP contribution in [0.3, 0.4) is 0 Å². The molecule has 0 spiro atoms. The Morgan fingerprint density at radius 3 is 2.92 bits per heavy atom. The Hall–Kier alpha value is -3.59. The molecule has 0 bridgehead atoms. The SMILES string of the molecule is C=CN(N=O)c1cnc2c(c1)c(C#CCOc1ccccc1)cn2C. The summed E-state index contributed by atoms with van der Waals surface area (Å²) in [4.78, 5) is 15.2. The van der Waals surface area contributed by atoms with Crippen LogP contribution in [0.5, 0.6) is 5.75 Å². The lowest BCUT2D eigenvalue weighted by Gasteiger charge is -2.08. The first-order chi connectivity index (χ1) is 12.2. The molecule has 0 amide bonds. The van der Waals surface area contributed by atoms with Gasteiger partial charge in [-0.3, -0.25) is 0 Å². The minimum absolute atomic E-state index is 0.280. The standard InChI is InChI=1S/C19H16N4O2/c1-3-23(21-24)16-12-18-15(14-22(2)19(18)20-13-16)8-7-11-25-17-9-5-4-6-10-17/h3-6,9-10,12-14H,1,11H2,2H3. The highest BCUT2D eigenvalue weighted by molar-refractivity contribution is 5.86. The van der Waals surface area contributed by atoms with Gasteiger partial charge >= 0.3 is 0 Å². The fraction of sp³-hybridized carbons (Fsp3) is 0.105. The van der Waals surface area contributed by atoms with Crippen LogP contribution in [0, 0.1) is 16.7 Å². The number of fused-ring (bicyclic) bond motifs is 1. The minimum atomic E-state index is 0.280. The maximum Gasteiger partial charge on any atom is 0.149 e. The van der Waals surface area contributed by atoms with Gasteiger partial charge in [-0.05, 0) is 18.2 Å². The molecule has 25 heavy (non-hydrogen) atoms. The number of aryl methyl sites for hydroxylation is 1. The smallest absolute Gasteiger partial charge is 0.149 e. The molecule has 0 radical (unpaired) electrons. The lowest BCUT2D eigenvalue weighted by atomic mass is 10.2. The predicted molar refractivity (Wildman–Crippen MR) is 98.0 cm³/mol. The van der Waals surface area contributed by atoms with E-state index in [4.69, 9.17) is 4.74 Å². The van der Waals surface area contributed by atoms with E-state index in [1.165, 1.54) is 6.20 Å². The van der Waals surface area contributed by atoms with E-state index >= 15 is 0 Å². The van der Waals surface area contributed by atoms with E-state index in [0.29, 0.717) is 5.69 Å². The summed E-state index contributed by atoms with van der Waals surface area (Å²) in [6, 6.07) is 11.3. The number of aromatic nitrogens is 2. The number of nitrogens with zero attached hydrogens (tertiary/aromatic N) is 4. The highest BCUT2D eigenvalue weighted by Crippen LogP contribution is 2.24. The lowest BCUT2D eigenvalue weighted by Crippen LogP contribution is -2.05. The molecule has 0 unspecified atom stereocenters. The number of para-hydroxylation sites is 1. The van der Waals surface area contributed by atoms with E-state index in [-0.39, 0.29) is 6.61 Å². The molecule has 6 heteroatoms. The van der Waals surface area contributed by atoms with Gasteiger partial charge in [-0.1, -0.05) is 36.6 Å². The van der Waals surface area contributed by atoms with Crippen molar-refractivity contribution in [2.75, 3.05) is 11.6 Å². The summed E-state index contributed by atoms with van der Waals surface area (Å²) in [6.45, 7) is 3.84. The van der Waals surface area contributed by atoms with Crippen molar-refractivity contribution in [3.05, 3.63) is 72.0 Å². The van der Waals surface area contributed by atoms with Gasteiger partial charge in [0.15, 0.2) is 0 Å². The van der Waals surface area contributed by atoms with Crippen LogP contribution in [0.4, 0.5) is 5.69 Å². The number of pyridine rings is 1. The fourth-order valence-electron chi connectivity index (χ4n) is 2.43. The van der Waals surface area contributed by atoms with E-state index in [0.717, 1.165) is 27.4 Å². The molecule has 2 heterocycles. The highest BCUT2D eigenvalue weighted by atomic mass is 16.5. The minimum Gasteiger partial charge on any atom is -0.481 e. The van der Waals surface area contributed by atoms with Gasteiger partial charge in [-0.15, -0.1) is 4.91 Å². The van der Waals surface area contributed by atoms with Gasteiger partial charge in [-0.25, -0.2) is 9.99 Å². The summed E-state index contributed by atoms with van der Waals surface area (Å²) in [7, 11) is 1.89. The second-order valence-corrected chi connectivity index (χ2v) is 5.23. The van der Waals surface area contributed by atoms with Gasteiger partial charge in [0.2, 0.25) is 0 Å². The number of rotatable bonds is 5. The van der Waals surface area contributed by atoms with Crippen LogP contribution in [-0.2, 0) is 7.05 Å². The monoisotopic (exact) mass is 332 g/mol. The van der Waals surface area contributed by atoms with Crippen molar-refractivity contribution in [2.45, 2.75) is 0 Å². The maximum atomic E-state index is 10.8. The van der Waals surface area contributed by atoms with Crippen molar-refractivity contribution in [2.24, 2.45) is 12.3 Å². The molecule has 0 aliphatic rings. The maximum absolute atomic E-state index is 10.8. The van der Waals surface area contributed by atoms with Crippen molar-refractivity contribution in [3.8, 4) is 17.6 Å². The fourth-order valence-corrected chi connectivity index (χ4v) is 2.43. The molecule has 0 aliphatic carbocycles. The zero-order valence-electron chi connectivity index (χ0n) is 13.7. The third kappa shape index (κ3) is 3.51. The van der Waals surface area contributed by atoms with Crippen LogP contribution >= 0.6 is 0 Å². The molecule has 0 aliphatic heterocycles. The second-order valence-electron chi connectivity index (χ2n) is 5.23. The molecule has 0 atom stereocenters. The Morgan fingerprint density at radius 1 is 1.40 bits per heavy atom. The van der Waals surface area contributed by atoms with Crippen molar-refractivity contribution in [1.82, 2.24) is 9.55 Å². The first-order valence-electron chi connectivity index (χ1n) is 7.60. The van der Waals surface area contributed by atoms with Gasteiger partial charge in [0.25, 0.3) is 0 Å². The summed E-state index contributed by atoms with van der Waals surface area (Å²) in [5.41, 5.74) is 2.11. The van der Waals surface area contributed by atoms with Crippen molar-refractivity contribution in [1.29, 1.82) is 0 Å². The van der Waals surface area contributed by atoms with Gasteiger partial charge in [0.1, 0.15) is 18.0 Å². The van der Waals surface area contributed by atoms with E-state index in [1.54, 1.807) is 6.20 Å². The summed E-state index contributed by atoms with van der Waals surface area (Å²) >= 11 is 0. The molecule has 3 aromatic rings. The Kier molecular flexibility index (Phi) is 4.77. The molecule has 0 N–H and O–H groups in total. The topological polar surface area (TPSA) is 59.7 Å². The van der Waals surface area contributed by atoms with Gasteiger partial charge in [0.05, 0.1) is 22.7 Å². The summed E-state index contributed by atoms with van der Waals surface area (Å²) in [5, 5.41) is 4.85. The lowest BCUT2D eigenvalue weighted by molar-refractivity contribution is 0.370. The molecular weight excluding hydrogens is 316 g/mol. The van der Waals surface area contributed by atoms with Crippen LogP contribution < -0.4 is 9.75 Å². The van der Waals surface area contributed by atoms with Crippen LogP contribution in [0.25, 0.3) is 11.0 Å². The molecule has 0 saturated carbocycles. The largest absolute Gasteiger partial charge is 0.481 e. The molecule has 124 valence electrons. The van der Waals surface area contributed by atoms with Crippen LogP contribution in [0.2, 0.25) is 0 Å². The van der Waals surface area contributed by atoms with Crippen LogP contribution in [0.15, 0.2) is 66.9 Å². The van der Waals surface area contributed by atoms with E-state index in [2.05, 4.69) is 28.7 Å². The highest BCUT2D eigenvalue weighted by Gasteiger charge is 2.10. The molecular formula is C19H16N4O2. The molecule has 0 saturated heterocycles. The molecule has 2 aromatic heterocycles. The van der Waals surface area contributed by atoms with E-state index in [9.17, 15) is 4.91 Å². The van der Waals surface area contributed by atoms with Crippen molar-refractivity contribution in [3.63, 3.8) is 0 Å². The number of ether oxygens (including phenoxy) is 1. The molecule has 6 nitrogen and oxygen atoms in total. The third-order valence-electron chi connectivity index (χ3n) is 3.60. The van der Waals surface area contributed by atoms with E-state index < -0.39 is 0 Å². The normalized spacial score (nSPS) is 9.96. The summed E-state index contributed by atoms with van der Waals surface area (Å²) < 4.78 is 7.45. The van der Waals surface area contributed by atoms with Crippen LogP contribution in [-0.4, -0.2) is 16.2 Å². The quantitative estimate of drug-likeness (QED) is 0.407. The molecule has 3 rings (SSSR count). The van der Waals surface area contributed by atoms with Crippen LogP contribution in [0.1, 0.15) is 5.56 Å². The van der Waals surface area contributed by atoms with Crippen molar-refractivity contribution >= 4 is 16.7 Å². The number of hydrogen-bond acceptors (Lipinski definition) is 4. The first kappa shape index (κ1) is 16.3. The second kappa shape index (κ2) is 7.32. The Morgan fingerprint density at radius 2 is 2.20 bits per heavy atom.